The number of thioether (sulfide) groups is 1. The van der Waals surface area contributed by atoms with E-state index >= 15 is 0 Å². The van der Waals surface area contributed by atoms with Crippen molar-refractivity contribution in [2.75, 3.05) is 11.5 Å². The Morgan fingerprint density at radius 1 is 1.41 bits per heavy atom. The van der Waals surface area contributed by atoms with E-state index < -0.39 is 5.97 Å². The van der Waals surface area contributed by atoms with E-state index in [1.165, 1.54) is 5.56 Å². The Labute approximate surface area is 107 Å². The first-order chi connectivity index (χ1) is 8.15. The van der Waals surface area contributed by atoms with Gasteiger partial charge in [0.25, 0.3) is 0 Å². The van der Waals surface area contributed by atoms with Crippen molar-refractivity contribution < 1.29 is 9.90 Å². The van der Waals surface area contributed by atoms with Gasteiger partial charge in [-0.3, -0.25) is 4.79 Å². The van der Waals surface area contributed by atoms with Crippen LogP contribution in [0.1, 0.15) is 24.5 Å². The third-order valence-corrected chi connectivity index (χ3v) is 3.82. The van der Waals surface area contributed by atoms with Gasteiger partial charge in [-0.2, -0.15) is 11.8 Å². The topological polar surface area (TPSA) is 37.3 Å². The molecule has 0 heterocycles. The smallest absolute Gasteiger partial charge is 0.306 e. The van der Waals surface area contributed by atoms with Gasteiger partial charge >= 0.3 is 5.97 Å². The normalized spacial score (nSPS) is 12.4. The maximum Gasteiger partial charge on any atom is 0.306 e. The predicted octanol–water partition coefficient (Wildman–Crippen LogP) is 3.38. The van der Waals surface area contributed by atoms with Gasteiger partial charge in [0.2, 0.25) is 0 Å². The number of carbonyl (C=O) groups is 1. The van der Waals surface area contributed by atoms with E-state index in [4.69, 9.17) is 0 Å². The average molecular weight is 252 g/mol. The highest BCUT2D eigenvalue weighted by molar-refractivity contribution is 7.99. The minimum absolute atomic E-state index is 0.254. The number of benzene rings is 1. The summed E-state index contributed by atoms with van der Waals surface area (Å²) < 4.78 is 0. The lowest BCUT2D eigenvalue weighted by Gasteiger charge is -2.13. The van der Waals surface area contributed by atoms with E-state index in [2.05, 4.69) is 6.92 Å². The molecule has 94 valence electrons. The lowest BCUT2D eigenvalue weighted by molar-refractivity contribution is -0.141. The van der Waals surface area contributed by atoms with Gasteiger partial charge in [0, 0.05) is 0 Å². The second-order valence-electron chi connectivity index (χ2n) is 4.15. The standard InChI is InChI=1S/C14H20O2S/c1-3-17-9-8-13(14(15)16)10-12-7-5-4-6-11(12)2/h4-7,13H,3,8-10H2,1-2H3,(H,15,16). The average Bonchev–Trinajstić information content (AvgIpc) is 2.30. The number of carboxylic acid groups (broad SMARTS) is 1. The van der Waals surface area contributed by atoms with Gasteiger partial charge in [-0.15, -0.1) is 0 Å². The van der Waals surface area contributed by atoms with E-state index in [1.807, 2.05) is 31.2 Å². The highest BCUT2D eigenvalue weighted by Crippen LogP contribution is 2.18. The summed E-state index contributed by atoms with van der Waals surface area (Å²) in [4.78, 5) is 11.2. The number of rotatable bonds is 7. The third-order valence-electron chi connectivity index (χ3n) is 2.89. The molecule has 0 aliphatic carbocycles. The highest BCUT2D eigenvalue weighted by atomic mass is 32.2. The van der Waals surface area contributed by atoms with Gasteiger partial charge < -0.3 is 5.11 Å². The van der Waals surface area contributed by atoms with Gasteiger partial charge in [-0.05, 0) is 42.4 Å². The highest BCUT2D eigenvalue weighted by Gasteiger charge is 2.18. The Morgan fingerprint density at radius 2 is 2.12 bits per heavy atom. The number of carboxylic acids is 1. The van der Waals surface area contributed by atoms with Crippen molar-refractivity contribution in [3.05, 3.63) is 35.4 Å². The minimum Gasteiger partial charge on any atom is -0.481 e. The maximum absolute atomic E-state index is 11.2. The Bertz CT molecular complexity index is 363. The molecule has 0 saturated heterocycles. The van der Waals surface area contributed by atoms with Crippen LogP contribution in [0.15, 0.2) is 24.3 Å². The Balaban J connectivity index is 2.61. The molecule has 0 aromatic heterocycles. The van der Waals surface area contributed by atoms with Crippen LogP contribution in [0.25, 0.3) is 0 Å². The van der Waals surface area contributed by atoms with Gasteiger partial charge in [0.15, 0.2) is 0 Å². The summed E-state index contributed by atoms with van der Waals surface area (Å²) >= 11 is 1.81. The Morgan fingerprint density at radius 3 is 2.71 bits per heavy atom. The first kappa shape index (κ1) is 14.1. The molecule has 0 amide bonds. The zero-order chi connectivity index (χ0) is 12.7. The molecule has 17 heavy (non-hydrogen) atoms. The molecule has 1 aromatic carbocycles. The van der Waals surface area contributed by atoms with Crippen molar-refractivity contribution in [3.8, 4) is 0 Å². The van der Waals surface area contributed by atoms with Crippen LogP contribution >= 0.6 is 11.8 Å². The van der Waals surface area contributed by atoms with Gasteiger partial charge in [-0.1, -0.05) is 31.2 Å². The summed E-state index contributed by atoms with van der Waals surface area (Å²) in [6.45, 7) is 4.14. The van der Waals surface area contributed by atoms with Crippen LogP contribution in [0.2, 0.25) is 0 Å². The van der Waals surface area contributed by atoms with Crippen LogP contribution in [0.5, 0.6) is 0 Å². The quantitative estimate of drug-likeness (QED) is 0.756. The molecule has 1 rings (SSSR count). The molecule has 1 N–H and O–H groups in total. The van der Waals surface area contributed by atoms with Crippen LogP contribution in [-0.2, 0) is 11.2 Å². The molecule has 0 fully saturated rings. The molecule has 0 spiro atoms. The zero-order valence-electron chi connectivity index (χ0n) is 10.5. The molecule has 3 heteroatoms. The first-order valence-corrected chi connectivity index (χ1v) is 7.15. The monoisotopic (exact) mass is 252 g/mol. The maximum atomic E-state index is 11.2. The zero-order valence-corrected chi connectivity index (χ0v) is 11.3. The molecular formula is C14H20O2S. The van der Waals surface area contributed by atoms with Crippen LogP contribution in [0, 0.1) is 12.8 Å². The third kappa shape index (κ3) is 4.82. The molecule has 0 radical (unpaired) electrons. The van der Waals surface area contributed by atoms with Gasteiger partial charge in [-0.25, -0.2) is 0 Å². The van der Waals surface area contributed by atoms with E-state index in [0.717, 1.165) is 23.5 Å². The lowest BCUT2D eigenvalue weighted by atomic mass is 9.94. The summed E-state index contributed by atoms with van der Waals surface area (Å²) in [5, 5.41) is 9.22. The van der Waals surface area contributed by atoms with Crippen molar-refractivity contribution in [3.63, 3.8) is 0 Å². The van der Waals surface area contributed by atoms with Crippen LogP contribution in [0.4, 0.5) is 0 Å². The Hall–Kier alpha value is -0.960. The van der Waals surface area contributed by atoms with Crippen molar-refractivity contribution in [1.82, 2.24) is 0 Å². The summed E-state index contributed by atoms with van der Waals surface area (Å²) in [6.07, 6.45) is 1.40. The summed E-state index contributed by atoms with van der Waals surface area (Å²) in [5.41, 5.74) is 2.34. The van der Waals surface area contributed by atoms with Crippen LogP contribution in [-0.4, -0.2) is 22.6 Å². The second kappa shape index (κ2) is 7.38. The first-order valence-electron chi connectivity index (χ1n) is 6.00. The summed E-state index contributed by atoms with van der Waals surface area (Å²) in [5.74, 6) is 1.05. The summed E-state index contributed by atoms with van der Waals surface area (Å²) in [6, 6.07) is 8.02. The minimum atomic E-state index is -0.676. The molecule has 0 aliphatic heterocycles. The molecule has 1 unspecified atom stereocenters. The van der Waals surface area contributed by atoms with Gasteiger partial charge in [0.1, 0.15) is 0 Å². The number of hydrogen-bond donors (Lipinski definition) is 1. The van der Waals surface area contributed by atoms with E-state index in [9.17, 15) is 9.90 Å². The fourth-order valence-electron chi connectivity index (χ4n) is 1.79. The van der Waals surface area contributed by atoms with Crippen LogP contribution < -0.4 is 0 Å². The number of hydrogen-bond acceptors (Lipinski definition) is 2. The van der Waals surface area contributed by atoms with E-state index in [-0.39, 0.29) is 5.92 Å². The predicted molar refractivity (Wildman–Crippen MR) is 73.6 cm³/mol. The fraction of sp³-hybridized carbons (Fsp3) is 0.500. The van der Waals surface area contributed by atoms with Crippen molar-refractivity contribution >= 4 is 17.7 Å². The molecule has 2 nitrogen and oxygen atoms in total. The molecule has 0 saturated carbocycles. The lowest BCUT2D eigenvalue weighted by Crippen LogP contribution is -2.17. The van der Waals surface area contributed by atoms with Gasteiger partial charge in [0.05, 0.1) is 5.92 Å². The fourth-order valence-corrected chi connectivity index (χ4v) is 2.53. The molecular weight excluding hydrogens is 232 g/mol. The molecule has 0 aliphatic rings. The number of aryl methyl sites for hydroxylation is 1. The van der Waals surface area contributed by atoms with E-state index in [0.29, 0.717) is 6.42 Å². The molecule has 1 atom stereocenters. The largest absolute Gasteiger partial charge is 0.481 e. The SMILES string of the molecule is CCSCCC(Cc1ccccc1C)C(=O)O. The van der Waals surface area contributed by atoms with Crippen LogP contribution in [0.3, 0.4) is 0 Å². The molecule has 0 bridgehead atoms. The van der Waals surface area contributed by atoms with Crippen molar-refractivity contribution in [2.24, 2.45) is 5.92 Å². The second-order valence-corrected chi connectivity index (χ2v) is 5.55. The Kier molecular flexibility index (Phi) is 6.12. The van der Waals surface area contributed by atoms with Crippen molar-refractivity contribution in [1.29, 1.82) is 0 Å². The summed E-state index contributed by atoms with van der Waals surface area (Å²) in [7, 11) is 0. The van der Waals surface area contributed by atoms with E-state index in [1.54, 1.807) is 11.8 Å². The van der Waals surface area contributed by atoms with Crippen molar-refractivity contribution in [2.45, 2.75) is 26.7 Å². The number of aliphatic carboxylic acids is 1. The molecule has 1 aromatic rings.